The molecule has 1 aromatic carbocycles. The fourth-order valence-corrected chi connectivity index (χ4v) is 4.69. The van der Waals surface area contributed by atoms with Gasteiger partial charge in [0.05, 0.1) is 27.3 Å². The van der Waals surface area contributed by atoms with Gasteiger partial charge >= 0.3 is 0 Å². The Labute approximate surface area is 214 Å². The standard InChI is InChI=1S/C27H40N2O5S/c1-20(2)16-26(30)28(12-7-14-32-4)19-27(31)29(18-25-21(3)11-15-35-25)13-10-22-8-9-23(33-5)24(17-22)34-6/h8-9,11,15,17,20H,7,10,12-14,16,18-19H2,1-6H3. The maximum Gasteiger partial charge on any atom is 0.242 e. The number of methoxy groups -OCH3 is 3. The third kappa shape index (κ3) is 9.18. The van der Waals surface area contributed by atoms with Crippen molar-refractivity contribution in [3.63, 3.8) is 0 Å². The molecule has 7 nitrogen and oxygen atoms in total. The zero-order valence-corrected chi connectivity index (χ0v) is 22.8. The first-order chi connectivity index (χ1) is 16.8. The molecule has 0 radical (unpaired) electrons. The Bertz CT molecular complexity index is 943. The van der Waals surface area contributed by atoms with Crippen molar-refractivity contribution in [3.8, 4) is 11.5 Å². The van der Waals surface area contributed by atoms with E-state index in [1.54, 1.807) is 37.6 Å². The lowest BCUT2D eigenvalue weighted by molar-refractivity contribution is -0.141. The Morgan fingerprint density at radius 2 is 1.71 bits per heavy atom. The smallest absolute Gasteiger partial charge is 0.242 e. The first-order valence-corrected chi connectivity index (χ1v) is 12.9. The van der Waals surface area contributed by atoms with Crippen LogP contribution in [0.2, 0.25) is 0 Å². The van der Waals surface area contributed by atoms with Crippen molar-refractivity contribution in [3.05, 3.63) is 45.6 Å². The lowest BCUT2D eigenvalue weighted by Gasteiger charge is -2.28. The van der Waals surface area contributed by atoms with Crippen molar-refractivity contribution in [1.29, 1.82) is 0 Å². The number of amides is 2. The van der Waals surface area contributed by atoms with Gasteiger partial charge in [0.25, 0.3) is 0 Å². The van der Waals surface area contributed by atoms with Crippen molar-refractivity contribution in [1.82, 2.24) is 9.80 Å². The molecule has 0 aliphatic carbocycles. The van der Waals surface area contributed by atoms with E-state index in [9.17, 15) is 9.59 Å². The Morgan fingerprint density at radius 3 is 2.31 bits per heavy atom. The Balaban J connectivity index is 2.18. The third-order valence-electron chi connectivity index (χ3n) is 5.81. The van der Waals surface area contributed by atoms with Crippen LogP contribution in [0.5, 0.6) is 11.5 Å². The quantitative estimate of drug-likeness (QED) is 0.333. The van der Waals surface area contributed by atoms with Crippen molar-refractivity contribution < 1.29 is 23.8 Å². The summed E-state index contributed by atoms with van der Waals surface area (Å²) in [6.07, 6.45) is 1.79. The predicted octanol–water partition coefficient (Wildman–Crippen LogP) is 4.56. The van der Waals surface area contributed by atoms with Crippen molar-refractivity contribution in [2.75, 3.05) is 47.6 Å². The van der Waals surface area contributed by atoms with Gasteiger partial charge in [0.2, 0.25) is 11.8 Å². The van der Waals surface area contributed by atoms with Gasteiger partial charge in [-0.25, -0.2) is 0 Å². The average molecular weight is 505 g/mol. The highest BCUT2D eigenvalue weighted by Crippen LogP contribution is 2.28. The fourth-order valence-electron chi connectivity index (χ4n) is 3.76. The van der Waals surface area contributed by atoms with Gasteiger partial charge in [-0.2, -0.15) is 0 Å². The number of ether oxygens (including phenoxy) is 3. The molecule has 194 valence electrons. The molecule has 2 rings (SSSR count). The predicted molar refractivity (Wildman–Crippen MR) is 140 cm³/mol. The molecular weight excluding hydrogens is 464 g/mol. The first kappa shape index (κ1) is 28.7. The molecule has 0 bridgehead atoms. The van der Waals surface area contributed by atoms with Gasteiger partial charge in [-0.3, -0.25) is 9.59 Å². The largest absolute Gasteiger partial charge is 0.493 e. The zero-order chi connectivity index (χ0) is 25.8. The molecule has 0 atom stereocenters. The van der Waals surface area contributed by atoms with Crippen LogP contribution in [-0.4, -0.2) is 69.2 Å². The lowest BCUT2D eigenvalue weighted by atomic mass is 10.1. The van der Waals surface area contributed by atoms with E-state index < -0.39 is 0 Å². The van der Waals surface area contributed by atoms with Crippen LogP contribution in [-0.2, 0) is 27.3 Å². The lowest BCUT2D eigenvalue weighted by Crippen LogP contribution is -2.44. The molecule has 2 aromatic rings. The molecule has 0 unspecified atom stereocenters. The first-order valence-electron chi connectivity index (χ1n) is 12.1. The number of carbonyl (C=O) groups is 2. The van der Waals surface area contributed by atoms with Crippen LogP contribution in [0.1, 0.15) is 42.7 Å². The molecule has 8 heteroatoms. The Hall–Kier alpha value is -2.58. The maximum atomic E-state index is 13.5. The van der Waals surface area contributed by atoms with Gasteiger partial charge in [0, 0.05) is 38.1 Å². The van der Waals surface area contributed by atoms with Gasteiger partial charge in [0.15, 0.2) is 11.5 Å². The molecule has 0 saturated heterocycles. The molecule has 0 spiro atoms. The second-order valence-electron chi connectivity index (χ2n) is 9.04. The van der Waals surface area contributed by atoms with Gasteiger partial charge < -0.3 is 24.0 Å². The van der Waals surface area contributed by atoms with E-state index in [0.29, 0.717) is 57.0 Å². The number of hydrogen-bond donors (Lipinski definition) is 0. The van der Waals surface area contributed by atoms with E-state index in [4.69, 9.17) is 14.2 Å². The summed E-state index contributed by atoms with van der Waals surface area (Å²) in [4.78, 5) is 31.1. The molecule has 1 aromatic heterocycles. The number of hydrogen-bond acceptors (Lipinski definition) is 6. The minimum absolute atomic E-state index is 0.0107. The average Bonchev–Trinajstić information content (AvgIpc) is 3.24. The van der Waals surface area contributed by atoms with Gasteiger partial charge in [-0.05, 0) is 60.4 Å². The second-order valence-corrected chi connectivity index (χ2v) is 10.0. The SMILES string of the molecule is COCCCN(CC(=O)N(CCc1ccc(OC)c(OC)c1)Cc1sccc1C)C(=O)CC(C)C. The van der Waals surface area contributed by atoms with Crippen molar-refractivity contribution in [2.45, 2.75) is 46.6 Å². The Kier molecular flexibility index (Phi) is 12.1. The highest BCUT2D eigenvalue weighted by Gasteiger charge is 2.23. The minimum atomic E-state index is -0.0483. The molecule has 0 fully saturated rings. The molecule has 0 aliphatic heterocycles. The van der Waals surface area contributed by atoms with E-state index >= 15 is 0 Å². The summed E-state index contributed by atoms with van der Waals surface area (Å²) in [6.45, 7) is 8.29. The third-order valence-corrected chi connectivity index (χ3v) is 6.82. The Morgan fingerprint density at radius 1 is 0.971 bits per heavy atom. The second kappa shape index (κ2) is 14.7. The number of carbonyl (C=O) groups excluding carboxylic acids is 2. The molecule has 0 aliphatic rings. The molecule has 0 saturated carbocycles. The van der Waals surface area contributed by atoms with Crippen LogP contribution in [0.3, 0.4) is 0 Å². The van der Waals surface area contributed by atoms with Crippen LogP contribution >= 0.6 is 11.3 Å². The number of thiophene rings is 1. The summed E-state index contributed by atoms with van der Waals surface area (Å²) >= 11 is 1.65. The highest BCUT2D eigenvalue weighted by molar-refractivity contribution is 7.10. The number of aryl methyl sites for hydroxylation is 1. The topological polar surface area (TPSA) is 68.3 Å². The van der Waals surface area contributed by atoms with E-state index in [-0.39, 0.29) is 24.3 Å². The van der Waals surface area contributed by atoms with Crippen LogP contribution in [0.25, 0.3) is 0 Å². The summed E-state index contributed by atoms with van der Waals surface area (Å²) in [5, 5.41) is 2.05. The summed E-state index contributed by atoms with van der Waals surface area (Å²) in [7, 11) is 4.87. The minimum Gasteiger partial charge on any atom is -0.493 e. The van der Waals surface area contributed by atoms with E-state index in [2.05, 4.69) is 13.0 Å². The summed E-state index contributed by atoms with van der Waals surface area (Å²) in [5.41, 5.74) is 2.22. The monoisotopic (exact) mass is 504 g/mol. The van der Waals surface area contributed by atoms with Crippen LogP contribution < -0.4 is 9.47 Å². The molecule has 2 amide bonds. The van der Waals surface area contributed by atoms with E-state index in [0.717, 1.165) is 10.4 Å². The number of benzene rings is 1. The van der Waals surface area contributed by atoms with Crippen LogP contribution in [0.4, 0.5) is 0 Å². The van der Waals surface area contributed by atoms with Gasteiger partial charge in [0.1, 0.15) is 0 Å². The summed E-state index contributed by atoms with van der Waals surface area (Å²) in [6, 6.07) is 7.89. The maximum absolute atomic E-state index is 13.5. The highest BCUT2D eigenvalue weighted by atomic mass is 32.1. The number of nitrogens with zero attached hydrogens (tertiary/aromatic N) is 2. The van der Waals surface area contributed by atoms with Crippen molar-refractivity contribution in [2.24, 2.45) is 5.92 Å². The van der Waals surface area contributed by atoms with Crippen LogP contribution in [0, 0.1) is 12.8 Å². The van der Waals surface area contributed by atoms with E-state index in [1.807, 2.05) is 42.3 Å². The van der Waals surface area contributed by atoms with Crippen LogP contribution in [0.15, 0.2) is 29.6 Å². The molecule has 1 heterocycles. The van der Waals surface area contributed by atoms with Gasteiger partial charge in [-0.1, -0.05) is 19.9 Å². The number of rotatable bonds is 15. The summed E-state index contributed by atoms with van der Waals surface area (Å²) in [5.74, 6) is 1.54. The zero-order valence-electron chi connectivity index (χ0n) is 22.0. The molecule has 35 heavy (non-hydrogen) atoms. The van der Waals surface area contributed by atoms with Gasteiger partial charge in [-0.15, -0.1) is 11.3 Å². The van der Waals surface area contributed by atoms with E-state index in [1.165, 1.54) is 5.56 Å². The molecule has 0 N–H and O–H groups in total. The summed E-state index contributed by atoms with van der Waals surface area (Å²) < 4.78 is 15.9. The van der Waals surface area contributed by atoms with Crippen molar-refractivity contribution >= 4 is 23.2 Å². The molecular formula is C27H40N2O5S. The fraction of sp³-hybridized carbons (Fsp3) is 0.556. The normalized spacial score (nSPS) is 10.9.